The van der Waals surface area contributed by atoms with Crippen LogP contribution in [0.1, 0.15) is 55.9 Å². The van der Waals surface area contributed by atoms with Gasteiger partial charge in [0.25, 0.3) is 0 Å². The minimum Gasteiger partial charge on any atom is -0.279 e. The molecule has 3 nitrogen and oxygen atoms in total. The SMILES string of the molecule is Cc1cc(C)c(B(c2ccc(-c3cccc(-c4nnc(C)n4-c4c(C)cc(C)cc4C)c3)cc2)c2c(C)cc(C)cc2C)c(C)c1. The Bertz CT molecular complexity index is 1970. The van der Waals surface area contributed by atoms with Crippen LogP contribution in [0.4, 0.5) is 0 Å². The highest BCUT2D eigenvalue weighted by molar-refractivity contribution is 6.96. The van der Waals surface area contributed by atoms with Crippen LogP contribution in [-0.2, 0) is 0 Å². The maximum atomic E-state index is 4.66. The summed E-state index contributed by atoms with van der Waals surface area (Å²) in [5, 5.41) is 9.18. The normalized spacial score (nSPS) is 11.3. The number of benzene rings is 5. The van der Waals surface area contributed by atoms with E-state index in [1.165, 1.54) is 72.0 Å². The Hall–Kier alpha value is -4.70. The zero-order chi connectivity index (χ0) is 32.9. The summed E-state index contributed by atoms with van der Waals surface area (Å²) in [5.74, 6) is 1.75. The van der Waals surface area contributed by atoms with Crippen molar-refractivity contribution >= 4 is 23.1 Å². The summed E-state index contributed by atoms with van der Waals surface area (Å²) < 4.78 is 2.20. The van der Waals surface area contributed by atoms with E-state index in [-0.39, 0.29) is 6.71 Å². The first kappa shape index (κ1) is 31.3. The molecule has 0 unspecified atom stereocenters. The zero-order valence-electron chi connectivity index (χ0n) is 29.0. The van der Waals surface area contributed by atoms with Gasteiger partial charge < -0.3 is 0 Å². The number of hydrogen-bond acceptors (Lipinski definition) is 2. The van der Waals surface area contributed by atoms with Crippen molar-refractivity contribution in [2.24, 2.45) is 0 Å². The van der Waals surface area contributed by atoms with Gasteiger partial charge in [0.05, 0.1) is 5.69 Å². The summed E-state index contributed by atoms with van der Waals surface area (Å²) in [4.78, 5) is 0. The third kappa shape index (κ3) is 5.73. The summed E-state index contributed by atoms with van der Waals surface area (Å²) in [6.07, 6.45) is 0. The average Bonchev–Trinajstić information content (AvgIpc) is 3.35. The van der Waals surface area contributed by atoms with Crippen LogP contribution in [0.25, 0.3) is 28.2 Å². The molecular weight excluding hydrogens is 557 g/mol. The van der Waals surface area contributed by atoms with E-state index in [4.69, 9.17) is 0 Å². The van der Waals surface area contributed by atoms with Crippen molar-refractivity contribution in [3.63, 3.8) is 0 Å². The molecule has 6 aromatic rings. The van der Waals surface area contributed by atoms with Gasteiger partial charge in [-0.3, -0.25) is 4.57 Å². The number of rotatable bonds is 6. The van der Waals surface area contributed by atoms with E-state index in [1.54, 1.807) is 0 Å². The Morgan fingerprint density at radius 2 is 0.913 bits per heavy atom. The number of aryl methyl sites for hydroxylation is 10. The second-order valence-electron chi connectivity index (χ2n) is 13.4. The first-order valence-electron chi connectivity index (χ1n) is 16.3. The van der Waals surface area contributed by atoms with Crippen molar-refractivity contribution in [3.05, 3.63) is 141 Å². The van der Waals surface area contributed by atoms with Crippen molar-refractivity contribution in [1.29, 1.82) is 0 Å². The third-order valence-electron chi connectivity index (χ3n) is 9.44. The molecule has 0 spiro atoms. The topological polar surface area (TPSA) is 30.7 Å². The summed E-state index contributed by atoms with van der Waals surface area (Å²) in [6, 6.07) is 31.7. The summed E-state index contributed by atoms with van der Waals surface area (Å²) in [6.45, 7) is 22.1. The zero-order valence-corrected chi connectivity index (χ0v) is 29.0. The molecule has 6 rings (SSSR count). The molecule has 0 saturated carbocycles. The van der Waals surface area contributed by atoms with Crippen LogP contribution in [0, 0.1) is 69.2 Å². The van der Waals surface area contributed by atoms with E-state index in [0.29, 0.717) is 0 Å². The molecule has 5 aromatic carbocycles. The van der Waals surface area contributed by atoms with Gasteiger partial charge in [0, 0.05) is 5.56 Å². The van der Waals surface area contributed by atoms with Crippen molar-refractivity contribution in [3.8, 4) is 28.2 Å². The van der Waals surface area contributed by atoms with Crippen LogP contribution in [0.3, 0.4) is 0 Å². The van der Waals surface area contributed by atoms with Gasteiger partial charge in [-0.25, -0.2) is 0 Å². The lowest BCUT2D eigenvalue weighted by Crippen LogP contribution is -2.55. The number of hydrogen-bond donors (Lipinski definition) is 0. The highest BCUT2D eigenvalue weighted by atomic mass is 15.3. The lowest BCUT2D eigenvalue weighted by molar-refractivity contribution is 0.953. The minimum absolute atomic E-state index is 0.157. The maximum Gasteiger partial charge on any atom is 0.242 e. The first-order valence-corrected chi connectivity index (χ1v) is 16.3. The van der Waals surface area contributed by atoms with E-state index < -0.39 is 0 Å². The Morgan fingerprint density at radius 3 is 1.41 bits per heavy atom. The monoisotopic (exact) mass is 601 g/mol. The van der Waals surface area contributed by atoms with Gasteiger partial charge in [0.1, 0.15) is 5.82 Å². The Morgan fingerprint density at radius 1 is 0.457 bits per heavy atom. The quantitative estimate of drug-likeness (QED) is 0.180. The molecule has 0 saturated heterocycles. The van der Waals surface area contributed by atoms with Gasteiger partial charge in [-0.05, 0) is 97.6 Å². The predicted octanol–water partition coefficient (Wildman–Crippen LogP) is 8.20. The summed E-state index contributed by atoms with van der Waals surface area (Å²) >= 11 is 0. The van der Waals surface area contributed by atoms with E-state index in [2.05, 4.69) is 162 Å². The largest absolute Gasteiger partial charge is 0.279 e. The number of aromatic nitrogens is 3. The molecular formula is C42H44BN3. The fraction of sp³-hybridized carbons (Fsp3) is 0.238. The van der Waals surface area contributed by atoms with Crippen LogP contribution >= 0.6 is 0 Å². The van der Waals surface area contributed by atoms with Crippen molar-refractivity contribution in [2.75, 3.05) is 0 Å². The Balaban J connectivity index is 1.44. The van der Waals surface area contributed by atoms with Crippen LogP contribution < -0.4 is 16.4 Å². The molecule has 0 bridgehead atoms. The fourth-order valence-corrected chi connectivity index (χ4v) is 7.82. The van der Waals surface area contributed by atoms with E-state index in [0.717, 1.165) is 28.5 Å². The highest BCUT2D eigenvalue weighted by Gasteiger charge is 2.28. The molecule has 0 atom stereocenters. The molecule has 0 N–H and O–H groups in total. The number of nitrogens with zero attached hydrogens (tertiary/aromatic N) is 3. The predicted molar refractivity (Wildman–Crippen MR) is 197 cm³/mol. The van der Waals surface area contributed by atoms with Gasteiger partial charge in [-0.15, -0.1) is 10.2 Å². The van der Waals surface area contributed by atoms with Crippen molar-refractivity contribution in [1.82, 2.24) is 14.8 Å². The van der Waals surface area contributed by atoms with Crippen LogP contribution in [-0.4, -0.2) is 21.5 Å². The van der Waals surface area contributed by atoms with E-state index >= 15 is 0 Å². The Labute approximate surface area is 275 Å². The standard InChI is InChI=1S/C42H44BN3/c1-25-18-28(4)39(29(5)19-25)43(40-30(6)20-26(2)21-31(40)7)38-16-14-35(15-17-38)36-12-11-13-37(24-36)42-45-44-34(10)46(42)41-32(8)22-27(3)23-33(41)9/h11-24H,1-10H3. The first-order chi connectivity index (χ1) is 21.9. The summed E-state index contributed by atoms with van der Waals surface area (Å²) in [7, 11) is 0. The lowest BCUT2D eigenvalue weighted by Gasteiger charge is -2.24. The van der Waals surface area contributed by atoms with Crippen LogP contribution in [0.5, 0.6) is 0 Å². The molecule has 0 aliphatic carbocycles. The molecule has 46 heavy (non-hydrogen) atoms. The molecule has 4 heteroatoms. The fourth-order valence-electron chi connectivity index (χ4n) is 7.82. The van der Waals surface area contributed by atoms with Crippen molar-refractivity contribution < 1.29 is 0 Å². The molecule has 1 aromatic heterocycles. The van der Waals surface area contributed by atoms with Gasteiger partial charge in [0.15, 0.2) is 5.82 Å². The lowest BCUT2D eigenvalue weighted by atomic mass is 9.34. The van der Waals surface area contributed by atoms with Crippen LogP contribution in [0.2, 0.25) is 0 Å². The maximum absolute atomic E-state index is 4.66. The molecule has 0 amide bonds. The molecule has 0 fully saturated rings. The smallest absolute Gasteiger partial charge is 0.242 e. The average molecular weight is 602 g/mol. The van der Waals surface area contributed by atoms with Gasteiger partial charge >= 0.3 is 0 Å². The molecule has 230 valence electrons. The van der Waals surface area contributed by atoms with E-state index in [1.807, 2.05) is 6.92 Å². The second kappa shape index (κ2) is 12.2. The molecule has 1 heterocycles. The molecule has 0 aliphatic rings. The summed E-state index contributed by atoms with van der Waals surface area (Å²) in [5.41, 5.74) is 20.4. The second-order valence-corrected chi connectivity index (χ2v) is 13.4. The Kier molecular flexibility index (Phi) is 8.33. The van der Waals surface area contributed by atoms with Crippen molar-refractivity contribution in [2.45, 2.75) is 69.2 Å². The van der Waals surface area contributed by atoms with Crippen LogP contribution in [0.15, 0.2) is 84.9 Å². The van der Waals surface area contributed by atoms with Gasteiger partial charge in [-0.1, -0.05) is 134 Å². The van der Waals surface area contributed by atoms with E-state index in [9.17, 15) is 0 Å². The molecule has 0 radical (unpaired) electrons. The van der Waals surface area contributed by atoms with Gasteiger partial charge in [-0.2, -0.15) is 0 Å². The third-order valence-corrected chi connectivity index (χ3v) is 9.44. The minimum atomic E-state index is 0.157. The molecule has 0 aliphatic heterocycles. The highest BCUT2D eigenvalue weighted by Crippen LogP contribution is 2.30. The van der Waals surface area contributed by atoms with Gasteiger partial charge in [0.2, 0.25) is 6.71 Å².